The van der Waals surface area contributed by atoms with Crippen molar-refractivity contribution in [2.75, 3.05) is 19.6 Å². The highest BCUT2D eigenvalue weighted by molar-refractivity contribution is 4.88. The second-order valence-electron chi connectivity index (χ2n) is 4.73. The van der Waals surface area contributed by atoms with E-state index in [1.807, 2.05) is 0 Å². The summed E-state index contributed by atoms with van der Waals surface area (Å²) in [6, 6.07) is 0. The highest BCUT2D eigenvalue weighted by atomic mass is 14.9. The molecule has 1 aliphatic carbocycles. The maximum Gasteiger partial charge on any atom is 0.000770 e. The van der Waals surface area contributed by atoms with Crippen molar-refractivity contribution in [3.05, 3.63) is 0 Å². The van der Waals surface area contributed by atoms with Crippen molar-refractivity contribution in [1.29, 1.82) is 0 Å². The van der Waals surface area contributed by atoms with Crippen LogP contribution in [0.1, 0.15) is 51.9 Å². The molecule has 0 bridgehead atoms. The van der Waals surface area contributed by atoms with Crippen LogP contribution in [0.3, 0.4) is 0 Å². The second-order valence-corrected chi connectivity index (χ2v) is 4.73. The van der Waals surface area contributed by atoms with Gasteiger partial charge in [-0.3, -0.25) is 0 Å². The van der Waals surface area contributed by atoms with E-state index in [-0.39, 0.29) is 0 Å². The van der Waals surface area contributed by atoms with Crippen LogP contribution in [0.4, 0.5) is 0 Å². The third kappa shape index (κ3) is 3.58. The van der Waals surface area contributed by atoms with E-state index in [9.17, 15) is 0 Å². The van der Waals surface area contributed by atoms with Gasteiger partial charge in [-0.05, 0) is 50.6 Å². The number of unbranched alkanes of at least 4 members (excludes halogenated alkanes) is 2. The molecule has 3 N–H and O–H groups in total. The minimum absolute atomic E-state index is 0.674. The number of nitrogens with one attached hydrogen (secondary N) is 1. The molecule has 2 heteroatoms. The van der Waals surface area contributed by atoms with Gasteiger partial charge in [0.25, 0.3) is 0 Å². The van der Waals surface area contributed by atoms with E-state index in [0.29, 0.717) is 5.41 Å². The van der Waals surface area contributed by atoms with Gasteiger partial charge in [0.05, 0.1) is 0 Å². The van der Waals surface area contributed by atoms with E-state index in [1.54, 1.807) is 0 Å². The molecule has 0 aromatic heterocycles. The molecule has 1 rings (SSSR count). The zero-order valence-corrected chi connectivity index (χ0v) is 9.65. The van der Waals surface area contributed by atoms with Gasteiger partial charge >= 0.3 is 0 Å². The van der Waals surface area contributed by atoms with Crippen LogP contribution >= 0.6 is 0 Å². The van der Waals surface area contributed by atoms with Gasteiger partial charge in [-0.1, -0.05) is 19.8 Å². The zero-order valence-electron chi connectivity index (χ0n) is 9.65. The summed E-state index contributed by atoms with van der Waals surface area (Å²) in [5.74, 6) is 0. The Kier molecular flexibility index (Phi) is 5.49. The van der Waals surface area contributed by atoms with Crippen LogP contribution in [0.2, 0.25) is 0 Å². The van der Waals surface area contributed by atoms with E-state index in [2.05, 4.69) is 12.2 Å². The Balaban J connectivity index is 1.92. The fraction of sp³-hybridized carbons (Fsp3) is 1.00. The van der Waals surface area contributed by atoms with Crippen LogP contribution in [0, 0.1) is 5.41 Å². The van der Waals surface area contributed by atoms with Crippen LogP contribution < -0.4 is 11.1 Å². The van der Waals surface area contributed by atoms with Crippen LogP contribution in [-0.2, 0) is 0 Å². The Labute approximate surface area is 88.6 Å². The Morgan fingerprint density at radius 1 is 1.21 bits per heavy atom. The molecular weight excluding hydrogens is 172 g/mol. The van der Waals surface area contributed by atoms with Crippen molar-refractivity contribution in [3.63, 3.8) is 0 Å². The van der Waals surface area contributed by atoms with Crippen LogP contribution in [0.5, 0.6) is 0 Å². The van der Waals surface area contributed by atoms with Crippen molar-refractivity contribution in [2.24, 2.45) is 11.1 Å². The summed E-state index contributed by atoms with van der Waals surface area (Å²) in [4.78, 5) is 0. The molecule has 0 aromatic rings. The topological polar surface area (TPSA) is 38.0 Å². The van der Waals surface area contributed by atoms with Crippen LogP contribution in [0.15, 0.2) is 0 Å². The minimum Gasteiger partial charge on any atom is -0.330 e. The van der Waals surface area contributed by atoms with E-state index < -0.39 is 0 Å². The molecule has 1 fully saturated rings. The fourth-order valence-electron chi connectivity index (χ4n) is 2.26. The molecule has 2 nitrogen and oxygen atoms in total. The van der Waals surface area contributed by atoms with Crippen molar-refractivity contribution >= 4 is 0 Å². The molecule has 0 radical (unpaired) electrons. The van der Waals surface area contributed by atoms with Gasteiger partial charge in [0, 0.05) is 6.54 Å². The number of nitrogens with two attached hydrogens (primary N) is 1. The predicted octanol–water partition coefficient (Wildman–Crippen LogP) is 2.29. The summed E-state index contributed by atoms with van der Waals surface area (Å²) in [6.07, 6.45) is 9.43. The van der Waals surface area contributed by atoms with Gasteiger partial charge in [-0.2, -0.15) is 0 Å². The summed E-state index contributed by atoms with van der Waals surface area (Å²) < 4.78 is 0. The quantitative estimate of drug-likeness (QED) is 0.587. The first-order chi connectivity index (χ1) is 6.83. The highest BCUT2D eigenvalue weighted by Gasteiger charge is 2.34. The Morgan fingerprint density at radius 3 is 2.50 bits per heavy atom. The van der Waals surface area contributed by atoms with Crippen molar-refractivity contribution in [2.45, 2.75) is 51.9 Å². The van der Waals surface area contributed by atoms with Gasteiger partial charge in [-0.15, -0.1) is 0 Å². The SMILES string of the molecule is CCC1(CNCCCCCN)CCC1. The molecule has 1 saturated carbocycles. The molecule has 14 heavy (non-hydrogen) atoms. The van der Waals surface area contributed by atoms with Gasteiger partial charge in [0.1, 0.15) is 0 Å². The molecule has 0 amide bonds. The van der Waals surface area contributed by atoms with E-state index >= 15 is 0 Å². The van der Waals surface area contributed by atoms with Crippen LogP contribution in [-0.4, -0.2) is 19.6 Å². The lowest BCUT2D eigenvalue weighted by Crippen LogP contribution is -2.39. The van der Waals surface area contributed by atoms with E-state index in [0.717, 1.165) is 6.54 Å². The predicted molar refractivity (Wildman–Crippen MR) is 62.4 cm³/mol. The van der Waals surface area contributed by atoms with E-state index in [1.165, 1.54) is 58.0 Å². The Morgan fingerprint density at radius 2 is 2.00 bits per heavy atom. The largest absolute Gasteiger partial charge is 0.330 e. The minimum atomic E-state index is 0.674. The van der Waals surface area contributed by atoms with Crippen LogP contribution in [0.25, 0.3) is 0 Å². The van der Waals surface area contributed by atoms with Crippen molar-refractivity contribution in [1.82, 2.24) is 5.32 Å². The standard InChI is InChI=1S/C12H26N2/c1-2-12(7-6-8-12)11-14-10-5-3-4-9-13/h14H,2-11,13H2,1H3. The first-order valence-corrected chi connectivity index (χ1v) is 6.24. The third-order valence-corrected chi connectivity index (χ3v) is 3.72. The average molecular weight is 198 g/mol. The number of hydrogen-bond donors (Lipinski definition) is 2. The Bertz CT molecular complexity index is 136. The first kappa shape index (κ1) is 12.0. The highest BCUT2D eigenvalue weighted by Crippen LogP contribution is 2.42. The molecular formula is C12H26N2. The average Bonchev–Trinajstić information content (AvgIpc) is 2.15. The first-order valence-electron chi connectivity index (χ1n) is 6.24. The number of rotatable bonds is 8. The summed E-state index contributed by atoms with van der Waals surface area (Å²) >= 11 is 0. The summed E-state index contributed by atoms with van der Waals surface area (Å²) in [7, 11) is 0. The zero-order chi connectivity index (χ0) is 10.3. The second kappa shape index (κ2) is 6.41. The Hall–Kier alpha value is -0.0800. The smallest absolute Gasteiger partial charge is 0.000770 e. The normalized spacial score (nSPS) is 19.3. The molecule has 0 aromatic carbocycles. The van der Waals surface area contributed by atoms with Gasteiger partial charge in [0.2, 0.25) is 0 Å². The lowest BCUT2D eigenvalue weighted by molar-refractivity contribution is 0.124. The lowest BCUT2D eigenvalue weighted by atomic mass is 9.67. The molecule has 84 valence electrons. The maximum absolute atomic E-state index is 5.44. The van der Waals surface area contributed by atoms with Crippen molar-refractivity contribution in [3.8, 4) is 0 Å². The molecule has 1 aliphatic rings. The monoisotopic (exact) mass is 198 g/mol. The van der Waals surface area contributed by atoms with Crippen molar-refractivity contribution < 1.29 is 0 Å². The third-order valence-electron chi connectivity index (χ3n) is 3.72. The summed E-state index contributed by atoms with van der Waals surface area (Å²) in [5.41, 5.74) is 6.12. The molecule has 0 unspecified atom stereocenters. The van der Waals surface area contributed by atoms with Gasteiger partial charge < -0.3 is 11.1 Å². The summed E-state index contributed by atoms with van der Waals surface area (Å²) in [6.45, 7) is 5.60. The molecule has 0 aliphatic heterocycles. The molecule has 0 heterocycles. The fourth-order valence-corrected chi connectivity index (χ4v) is 2.26. The lowest BCUT2D eigenvalue weighted by Gasteiger charge is -2.41. The van der Waals surface area contributed by atoms with Gasteiger partial charge in [0.15, 0.2) is 0 Å². The van der Waals surface area contributed by atoms with Gasteiger partial charge in [-0.25, -0.2) is 0 Å². The van der Waals surface area contributed by atoms with E-state index in [4.69, 9.17) is 5.73 Å². The summed E-state index contributed by atoms with van der Waals surface area (Å²) in [5, 5.41) is 3.60. The molecule has 0 atom stereocenters. The molecule has 0 spiro atoms. The number of hydrogen-bond acceptors (Lipinski definition) is 2. The maximum atomic E-state index is 5.44. The molecule has 0 saturated heterocycles.